The maximum absolute atomic E-state index is 12.2. The quantitative estimate of drug-likeness (QED) is 0.607. The Bertz CT molecular complexity index is 998. The third kappa shape index (κ3) is 4.70. The Morgan fingerprint density at radius 2 is 1.76 bits per heavy atom. The number of carbonyl (C=O) groups excluding carboxylic acids is 1. The van der Waals surface area contributed by atoms with Gasteiger partial charge in [-0.3, -0.25) is 5.10 Å². The zero-order chi connectivity index (χ0) is 21.2. The van der Waals surface area contributed by atoms with Crippen LogP contribution in [0.5, 0.6) is 5.75 Å². The molecule has 1 heterocycles. The Balaban J connectivity index is 1.87. The number of rotatable bonds is 5. The van der Waals surface area contributed by atoms with E-state index in [-0.39, 0.29) is 0 Å². The predicted octanol–water partition coefficient (Wildman–Crippen LogP) is 5.39. The van der Waals surface area contributed by atoms with Crippen LogP contribution in [0.4, 0.5) is 4.79 Å². The van der Waals surface area contributed by atoms with Crippen LogP contribution in [0.3, 0.4) is 0 Å². The average Bonchev–Trinajstić information content (AvgIpc) is 3.09. The van der Waals surface area contributed by atoms with Crippen molar-refractivity contribution in [3.05, 3.63) is 48.2 Å². The van der Waals surface area contributed by atoms with E-state index < -0.39 is 17.2 Å². The number of benzene rings is 2. The third-order valence-corrected chi connectivity index (χ3v) is 4.59. The number of carbonyl (C=O) groups is 1. The molecule has 3 rings (SSSR count). The van der Waals surface area contributed by atoms with Crippen LogP contribution in [0.2, 0.25) is 0 Å². The smallest absolute Gasteiger partial charge is 0.408 e. The molecule has 0 spiro atoms. The molecule has 1 aromatic heterocycles. The molecule has 6 heteroatoms. The lowest BCUT2D eigenvalue weighted by Crippen LogP contribution is -2.43. The van der Waals surface area contributed by atoms with Crippen LogP contribution in [0.25, 0.3) is 22.0 Å². The molecule has 0 aliphatic heterocycles. The van der Waals surface area contributed by atoms with Gasteiger partial charge in [-0.15, -0.1) is 0 Å². The summed E-state index contributed by atoms with van der Waals surface area (Å²) in [6, 6.07) is 12.1. The number of amides is 1. The van der Waals surface area contributed by atoms with Crippen molar-refractivity contribution in [2.45, 2.75) is 52.7 Å². The lowest BCUT2D eigenvalue weighted by atomic mass is 9.92. The van der Waals surface area contributed by atoms with Gasteiger partial charge < -0.3 is 14.8 Å². The van der Waals surface area contributed by atoms with E-state index in [1.165, 1.54) is 0 Å². The highest BCUT2D eigenvalue weighted by Crippen LogP contribution is 2.37. The Morgan fingerprint density at radius 3 is 2.38 bits per heavy atom. The minimum absolute atomic E-state index is 0.435. The summed E-state index contributed by atoms with van der Waals surface area (Å²) < 4.78 is 11.3. The van der Waals surface area contributed by atoms with Gasteiger partial charge in [0.1, 0.15) is 11.4 Å². The molecule has 0 aliphatic carbocycles. The molecule has 0 aliphatic rings. The Morgan fingerprint density at radius 1 is 1.07 bits per heavy atom. The second-order valence-corrected chi connectivity index (χ2v) is 8.54. The highest BCUT2D eigenvalue weighted by atomic mass is 16.6. The monoisotopic (exact) mass is 395 g/mol. The maximum Gasteiger partial charge on any atom is 0.408 e. The number of nitrogens with one attached hydrogen (secondary N) is 2. The third-order valence-electron chi connectivity index (χ3n) is 4.59. The molecule has 3 aromatic rings. The number of fused-ring (bicyclic) bond motifs is 1. The Hall–Kier alpha value is -3.02. The first-order chi connectivity index (χ1) is 13.6. The van der Waals surface area contributed by atoms with E-state index in [0.717, 1.165) is 33.3 Å². The molecule has 0 saturated carbocycles. The highest BCUT2D eigenvalue weighted by molar-refractivity contribution is 5.92. The molecule has 6 nitrogen and oxygen atoms in total. The van der Waals surface area contributed by atoms with Crippen LogP contribution >= 0.6 is 0 Å². The largest absolute Gasteiger partial charge is 0.492 e. The number of hydrogen-bond donors (Lipinski definition) is 2. The van der Waals surface area contributed by atoms with Crippen molar-refractivity contribution in [3.8, 4) is 16.9 Å². The zero-order valence-corrected chi connectivity index (χ0v) is 17.9. The summed E-state index contributed by atoms with van der Waals surface area (Å²) in [5.74, 6) is 0.817. The molecule has 0 saturated heterocycles. The van der Waals surface area contributed by atoms with Gasteiger partial charge in [-0.2, -0.15) is 5.10 Å². The number of ether oxygens (including phenoxy) is 2. The summed E-state index contributed by atoms with van der Waals surface area (Å²) >= 11 is 0. The van der Waals surface area contributed by atoms with Gasteiger partial charge in [0, 0.05) is 5.56 Å². The fourth-order valence-electron chi connectivity index (χ4n) is 3.22. The molecule has 0 unspecified atom stereocenters. The number of aromatic nitrogens is 2. The molecular weight excluding hydrogens is 366 g/mol. The van der Waals surface area contributed by atoms with E-state index in [0.29, 0.717) is 6.61 Å². The summed E-state index contributed by atoms with van der Waals surface area (Å²) in [7, 11) is 0. The molecule has 2 aromatic carbocycles. The lowest BCUT2D eigenvalue weighted by Gasteiger charge is -2.29. The Labute approximate surface area is 171 Å². The van der Waals surface area contributed by atoms with E-state index in [4.69, 9.17) is 9.47 Å². The molecule has 2 N–H and O–H groups in total. The van der Waals surface area contributed by atoms with Crippen LogP contribution in [-0.2, 0) is 10.3 Å². The molecule has 0 atom stereocenters. The van der Waals surface area contributed by atoms with Crippen molar-refractivity contribution >= 4 is 17.0 Å². The lowest BCUT2D eigenvalue weighted by molar-refractivity contribution is 0.0470. The van der Waals surface area contributed by atoms with Gasteiger partial charge in [-0.05, 0) is 64.8 Å². The molecule has 0 radical (unpaired) electrons. The molecule has 29 heavy (non-hydrogen) atoms. The predicted molar refractivity (Wildman–Crippen MR) is 115 cm³/mol. The van der Waals surface area contributed by atoms with E-state index in [9.17, 15) is 4.79 Å². The molecule has 1 amide bonds. The van der Waals surface area contributed by atoms with E-state index >= 15 is 0 Å². The summed E-state index contributed by atoms with van der Waals surface area (Å²) in [6.07, 6.45) is 1.35. The molecule has 0 fully saturated rings. The van der Waals surface area contributed by atoms with Crippen molar-refractivity contribution in [1.82, 2.24) is 15.5 Å². The van der Waals surface area contributed by atoms with Crippen LogP contribution < -0.4 is 10.1 Å². The summed E-state index contributed by atoms with van der Waals surface area (Å²) in [5, 5.41) is 11.0. The van der Waals surface area contributed by atoms with Gasteiger partial charge in [0.25, 0.3) is 0 Å². The fourth-order valence-corrected chi connectivity index (χ4v) is 3.22. The van der Waals surface area contributed by atoms with Gasteiger partial charge in [0.2, 0.25) is 0 Å². The van der Waals surface area contributed by atoms with Crippen molar-refractivity contribution in [2.24, 2.45) is 0 Å². The van der Waals surface area contributed by atoms with Gasteiger partial charge in [0.05, 0.1) is 29.2 Å². The molecule has 154 valence electrons. The average molecular weight is 396 g/mol. The van der Waals surface area contributed by atoms with Crippen molar-refractivity contribution < 1.29 is 14.3 Å². The topological polar surface area (TPSA) is 76.2 Å². The SMILES string of the molecule is CCOc1c(-c2ccc(C(C)(C)NC(=O)OC(C)(C)C)cc2)ccc2[nH]ncc12. The minimum Gasteiger partial charge on any atom is -0.492 e. The summed E-state index contributed by atoms with van der Waals surface area (Å²) in [4.78, 5) is 12.2. The zero-order valence-electron chi connectivity index (χ0n) is 17.9. The number of H-pyrrole nitrogens is 1. The van der Waals surface area contributed by atoms with Crippen molar-refractivity contribution in [2.75, 3.05) is 6.61 Å². The first-order valence-electron chi connectivity index (χ1n) is 9.81. The van der Waals surface area contributed by atoms with Crippen LogP contribution in [0.15, 0.2) is 42.6 Å². The fraction of sp³-hybridized carbons (Fsp3) is 0.391. The maximum atomic E-state index is 12.2. The van der Waals surface area contributed by atoms with Gasteiger partial charge in [-0.1, -0.05) is 24.3 Å². The molecular formula is C23H29N3O3. The standard InChI is InChI=1S/C23H29N3O3/c1-7-28-20-17(12-13-19-18(20)14-24-26-19)15-8-10-16(11-9-15)23(5,6)25-21(27)29-22(2,3)4/h8-14H,7H2,1-6H3,(H,24,26)(H,25,27). The van der Waals surface area contributed by atoms with Gasteiger partial charge >= 0.3 is 6.09 Å². The first kappa shape index (κ1) is 20.7. The second kappa shape index (κ2) is 7.78. The summed E-state index contributed by atoms with van der Waals surface area (Å²) in [6.45, 7) is 12.0. The number of aromatic amines is 1. The summed E-state index contributed by atoms with van der Waals surface area (Å²) in [5.41, 5.74) is 2.85. The Kier molecular flexibility index (Phi) is 5.55. The number of hydrogen-bond acceptors (Lipinski definition) is 4. The van der Waals surface area contributed by atoms with Crippen molar-refractivity contribution in [3.63, 3.8) is 0 Å². The second-order valence-electron chi connectivity index (χ2n) is 8.54. The van der Waals surface area contributed by atoms with Gasteiger partial charge in [0.15, 0.2) is 0 Å². The normalized spacial score (nSPS) is 12.1. The first-order valence-corrected chi connectivity index (χ1v) is 9.81. The van der Waals surface area contributed by atoms with E-state index in [1.807, 2.05) is 77.9 Å². The van der Waals surface area contributed by atoms with Crippen LogP contribution in [0.1, 0.15) is 47.1 Å². The number of nitrogens with zero attached hydrogens (tertiary/aromatic N) is 1. The number of alkyl carbamates (subject to hydrolysis) is 1. The minimum atomic E-state index is -0.571. The van der Waals surface area contributed by atoms with E-state index in [2.05, 4.69) is 15.5 Å². The highest BCUT2D eigenvalue weighted by Gasteiger charge is 2.26. The van der Waals surface area contributed by atoms with E-state index in [1.54, 1.807) is 6.20 Å². The molecule has 0 bridgehead atoms. The van der Waals surface area contributed by atoms with Gasteiger partial charge in [-0.25, -0.2) is 4.79 Å². The van der Waals surface area contributed by atoms with Crippen LogP contribution in [-0.4, -0.2) is 28.5 Å². The van der Waals surface area contributed by atoms with Crippen LogP contribution in [0, 0.1) is 0 Å². The van der Waals surface area contributed by atoms with Crippen molar-refractivity contribution in [1.29, 1.82) is 0 Å².